The lowest BCUT2D eigenvalue weighted by molar-refractivity contribution is -0.139. The van der Waals surface area contributed by atoms with E-state index in [9.17, 15) is 4.79 Å². The molecule has 6 heteroatoms. The van der Waals surface area contributed by atoms with Crippen molar-refractivity contribution in [3.63, 3.8) is 0 Å². The van der Waals surface area contributed by atoms with Gasteiger partial charge in [-0.2, -0.15) is 0 Å². The largest absolute Gasteiger partial charge is 0.482 e. The number of carboxylic acids is 1. The number of fused-ring (bicyclic) bond motifs is 1. The second kappa shape index (κ2) is 10.3. The molecule has 176 valence electrons. The molecule has 0 bridgehead atoms. The van der Waals surface area contributed by atoms with Gasteiger partial charge in [0.15, 0.2) is 6.61 Å². The van der Waals surface area contributed by atoms with E-state index in [-0.39, 0.29) is 12.6 Å². The minimum atomic E-state index is -0.983. The molecule has 0 amide bonds. The second-order valence-corrected chi connectivity index (χ2v) is 8.44. The Morgan fingerprint density at radius 1 is 0.914 bits per heavy atom. The molecule has 0 radical (unpaired) electrons. The van der Waals surface area contributed by atoms with Crippen molar-refractivity contribution in [3.05, 3.63) is 119 Å². The van der Waals surface area contributed by atoms with Gasteiger partial charge in [0.25, 0.3) is 6.01 Å². The summed E-state index contributed by atoms with van der Waals surface area (Å²) in [6.07, 6.45) is 7.40. The van der Waals surface area contributed by atoms with Crippen molar-refractivity contribution in [2.45, 2.75) is 18.9 Å². The van der Waals surface area contributed by atoms with Crippen LogP contribution in [0.5, 0.6) is 11.8 Å². The molecule has 0 atom stereocenters. The van der Waals surface area contributed by atoms with E-state index in [4.69, 9.17) is 14.6 Å². The first-order chi connectivity index (χ1) is 17.2. The maximum Gasteiger partial charge on any atom is 0.341 e. The highest BCUT2D eigenvalue weighted by atomic mass is 16.5. The zero-order valence-corrected chi connectivity index (χ0v) is 19.2. The van der Waals surface area contributed by atoms with Crippen LogP contribution in [0.1, 0.15) is 34.7 Å². The molecule has 6 nitrogen and oxygen atoms in total. The van der Waals surface area contributed by atoms with Gasteiger partial charge < -0.3 is 14.6 Å². The number of aromatic nitrogens is 2. The minimum absolute atomic E-state index is 0.0510. The number of benzene rings is 3. The van der Waals surface area contributed by atoms with Crippen LogP contribution in [0.25, 0.3) is 6.08 Å². The third kappa shape index (κ3) is 5.11. The third-order valence-corrected chi connectivity index (χ3v) is 6.10. The van der Waals surface area contributed by atoms with Gasteiger partial charge in [-0.25, -0.2) is 9.78 Å². The van der Waals surface area contributed by atoms with Gasteiger partial charge in [-0.3, -0.25) is 4.57 Å². The number of imidazole rings is 1. The van der Waals surface area contributed by atoms with Crippen molar-refractivity contribution < 1.29 is 19.4 Å². The normalized spacial score (nSPS) is 12.7. The summed E-state index contributed by atoms with van der Waals surface area (Å²) >= 11 is 0. The fraction of sp³-hybridized carbons (Fsp3) is 0.172. The van der Waals surface area contributed by atoms with E-state index in [2.05, 4.69) is 39.9 Å². The van der Waals surface area contributed by atoms with E-state index in [1.165, 1.54) is 0 Å². The fourth-order valence-corrected chi connectivity index (χ4v) is 4.50. The molecular formula is C29H26N2O4. The van der Waals surface area contributed by atoms with Crippen LogP contribution >= 0.6 is 0 Å². The summed E-state index contributed by atoms with van der Waals surface area (Å²) in [5.74, 6) is -0.354. The van der Waals surface area contributed by atoms with Crippen molar-refractivity contribution in [1.29, 1.82) is 0 Å². The molecule has 1 N–H and O–H groups in total. The SMILES string of the molecule is O=C(O)COc1cccc2c1CCC(COc1nccn1C(c1ccccc1)c1ccccc1)=C2. The molecule has 0 fully saturated rings. The summed E-state index contributed by atoms with van der Waals surface area (Å²) in [5, 5.41) is 8.93. The molecule has 0 unspecified atom stereocenters. The van der Waals surface area contributed by atoms with E-state index in [1.807, 2.05) is 60.8 Å². The zero-order chi connectivity index (χ0) is 24.0. The molecule has 1 aromatic heterocycles. The predicted octanol–water partition coefficient (Wildman–Crippen LogP) is 5.39. The molecule has 0 spiro atoms. The Morgan fingerprint density at radius 2 is 1.63 bits per heavy atom. The van der Waals surface area contributed by atoms with Gasteiger partial charge in [0, 0.05) is 18.0 Å². The lowest BCUT2D eigenvalue weighted by Gasteiger charge is -2.23. The summed E-state index contributed by atoms with van der Waals surface area (Å²) in [6, 6.07) is 26.9. The first-order valence-corrected chi connectivity index (χ1v) is 11.6. The van der Waals surface area contributed by atoms with Crippen LogP contribution in [0.2, 0.25) is 0 Å². The molecule has 0 saturated carbocycles. The highest BCUT2D eigenvalue weighted by Crippen LogP contribution is 2.33. The summed E-state index contributed by atoms with van der Waals surface area (Å²) in [7, 11) is 0. The summed E-state index contributed by atoms with van der Waals surface area (Å²) < 4.78 is 13.8. The van der Waals surface area contributed by atoms with E-state index in [0.717, 1.165) is 40.7 Å². The Kier molecular flexibility index (Phi) is 6.61. The summed E-state index contributed by atoms with van der Waals surface area (Å²) in [4.78, 5) is 15.4. The average molecular weight is 467 g/mol. The lowest BCUT2D eigenvalue weighted by atomic mass is 9.92. The molecule has 1 aliphatic carbocycles. The summed E-state index contributed by atoms with van der Waals surface area (Å²) in [5.41, 5.74) is 5.53. The number of carboxylic acid groups (broad SMARTS) is 1. The Labute approximate surface area is 204 Å². The number of rotatable bonds is 9. The average Bonchev–Trinajstić information content (AvgIpc) is 3.35. The predicted molar refractivity (Wildman–Crippen MR) is 134 cm³/mol. The van der Waals surface area contributed by atoms with Crippen molar-refractivity contribution in [2.75, 3.05) is 13.2 Å². The highest BCUT2D eigenvalue weighted by molar-refractivity contribution is 5.69. The molecule has 1 aliphatic rings. The molecule has 0 aliphatic heterocycles. The highest BCUT2D eigenvalue weighted by Gasteiger charge is 2.21. The number of carbonyl (C=O) groups is 1. The quantitative estimate of drug-likeness (QED) is 0.358. The third-order valence-electron chi connectivity index (χ3n) is 6.10. The van der Waals surface area contributed by atoms with E-state index >= 15 is 0 Å². The Morgan fingerprint density at radius 3 is 2.31 bits per heavy atom. The van der Waals surface area contributed by atoms with Gasteiger partial charge in [0.1, 0.15) is 12.4 Å². The molecular weight excluding hydrogens is 440 g/mol. The number of aliphatic carboxylic acids is 1. The standard InChI is InChI=1S/C29H26N2O4/c32-27(33)20-34-26-13-7-12-24-18-21(14-15-25(24)26)19-35-29-30-16-17-31(29)28(22-8-3-1-4-9-22)23-10-5-2-6-11-23/h1-13,16-18,28H,14-15,19-20H2,(H,32,33). The number of ether oxygens (including phenoxy) is 2. The van der Waals surface area contributed by atoms with E-state index in [1.54, 1.807) is 6.20 Å². The smallest absolute Gasteiger partial charge is 0.341 e. The van der Waals surface area contributed by atoms with Crippen LogP contribution in [-0.2, 0) is 11.2 Å². The first kappa shape index (κ1) is 22.5. The maximum atomic E-state index is 10.9. The maximum absolute atomic E-state index is 10.9. The Balaban J connectivity index is 1.37. The molecule has 4 aromatic rings. The Bertz CT molecular complexity index is 1290. The van der Waals surface area contributed by atoms with Gasteiger partial charge in [0.2, 0.25) is 0 Å². The van der Waals surface area contributed by atoms with E-state index in [0.29, 0.717) is 18.4 Å². The Hall–Kier alpha value is -4.32. The van der Waals surface area contributed by atoms with Gasteiger partial charge in [-0.15, -0.1) is 0 Å². The lowest BCUT2D eigenvalue weighted by Crippen LogP contribution is -2.16. The monoisotopic (exact) mass is 466 g/mol. The topological polar surface area (TPSA) is 73.6 Å². The molecule has 35 heavy (non-hydrogen) atoms. The van der Waals surface area contributed by atoms with Crippen LogP contribution in [0, 0.1) is 0 Å². The van der Waals surface area contributed by atoms with Crippen LogP contribution < -0.4 is 9.47 Å². The second-order valence-electron chi connectivity index (χ2n) is 8.44. The van der Waals surface area contributed by atoms with Crippen LogP contribution in [0.4, 0.5) is 0 Å². The van der Waals surface area contributed by atoms with Gasteiger partial charge in [-0.05, 0) is 41.2 Å². The van der Waals surface area contributed by atoms with Crippen LogP contribution in [-0.4, -0.2) is 33.8 Å². The van der Waals surface area contributed by atoms with Crippen molar-refractivity contribution >= 4 is 12.0 Å². The van der Waals surface area contributed by atoms with Gasteiger partial charge in [-0.1, -0.05) is 78.9 Å². The first-order valence-electron chi connectivity index (χ1n) is 11.6. The zero-order valence-electron chi connectivity index (χ0n) is 19.2. The van der Waals surface area contributed by atoms with Crippen LogP contribution in [0.15, 0.2) is 96.8 Å². The summed E-state index contributed by atoms with van der Waals surface area (Å²) in [6.45, 7) is 0.0791. The van der Waals surface area contributed by atoms with Crippen LogP contribution in [0.3, 0.4) is 0 Å². The van der Waals surface area contributed by atoms with Crippen molar-refractivity contribution in [3.8, 4) is 11.8 Å². The molecule has 1 heterocycles. The van der Waals surface area contributed by atoms with Gasteiger partial charge >= 0.3 is 5.97 Å². The number of hydrogen-bond acceptors (Lipinski definition) is 4. The number of hydrogen-bond donors (Lipinski definition) is 1. The van der Waals surface area contributed by atoms with Gasteiger partial charge in [0.05, 0.1) is 6.04 Å². The number of nitrogens with zero attached hydrogens (tertiary/aromatic N) is 2. The minimum Gasteiger partial charge on any atom is -0.482 e. The molecule has 5 rings (SSSR count). The van der Waals surface area contributed by atoms with E-state index < -0.39 is 5.97 Å². The van der Waals surface area contributed by atoms with Crippen molar-refractivity contribution in [1.82, 2.24) is 9.55 Å². The van der Waals surface area contributed by atoms with Crippen molar-refractivity contribution in [2.24, 2.45) is 0 Å². The fourth-order valence-electron chi connectivity index (χ4n) is 4.50. The molecule has 0 saturated heterocycles. The molecule has 3 aromatic carbocycles.